The lowest BCUT2D eigenvalue weighted by Crippen LogP contribution is -2.47. The van der Waals surface area contributed by atoms with Crippen LogP contribution in [0, 0.1) is 23.7 Å². The van der Waals surface area contributed by atoms with Gasteiger partial charge in [-0.05, 0) is 76.2 Å². The first-order valence-electron chi connectivity index (χ1n) is 32.9. The summed E-state index contributed by atoms with van der Waals surface area (Å²) in [6.45, 7) is 23.2. The topological polar surface area (TPSA) is 223 Å². The van der Waals surface area contributed by atoms with Gasteiger partial charge in [-0.15, -0.1) is 0 Å². The average molecular weight is 1260 g/mol. The van der Waals surface area contributed by atoms with Gasteiger partial charge < -0.3 is 57.5 Å². The maximum atomic E-state index is 12.9. The number of carbonyl (C=O) groups is 8. The van der Waals surface area contributed by atoms with Crippen LogP contribution in [0.2, 0.25) is 0 Å². The minimum Gasteiger partial charge on any atom is -0.462 e. The van der Waals surface area contributed by atoms with Crippen molar-refractivity contribution in [3.05, 3.63) is 0 Å². The number of thioether (sulfide) groups is 2. The van der Waals surface area contributed by atoms with E-state index < -0.39 is 23.9 Å². The van der Waals surface area contributed by atoms with Crippen LogP contribution in [0.25, 0.3) is 0 Å². The highest BCUT2D eigenvalue weighted by molar-refractivity contribution is 7.99. The predicted octanol–water partition coefficient (Wildman–Crippen LogP) is 9.45. The zero-order valence-electron chi connectivity index (χ0n) is 54.6. The Morgan fingerprint density at radius 1 is 0.349 bits per heavy atom. The predicted molar refractivity (Wildman–Crippen MR) is 340 cm³/mol. The summed E-state index contributed by atoms with van der Waals surface area (Å²) in [5.74, 6) is -0.451. The molecule has 500 valence electrons. The maximum Gasteiger partial charge on any atom is 0.309 e. The molecule has 22 heteroatoms. The largest absolute Gasteiger partial charge is 0.462 e. The lowest BCUT2D eigenvalue weighted by molar-refractivity contribution is -0.155. The number of piperazine rings is 1. The van der Waals surface area contributed by atoms with E-state index in [2.05, 4.69) is 28.5 Å². The summed E-state index contributed by atoms with van der Waals surface area (Å²) in [5.41, 5.74) is 0. The third-order valence-electron chi connectivity index (χ3n) is 15.1. The summed E-state index contributed by atoms with van der Waals surface area (Å²) >= 11 is 3.54. The van der Waals surface area contributed by atoms with E-state index in [1.807, 2.05) is 32.6 Å². The van der Waals surface area contributed by atoms with Crippen molar-refractivity contribution in [3.8, 4) is 0 Å². The van der Waals surface area contributed by atoms with Crippen LogP contribution in [0.5, 0.6) is 0 Å². The Bertz CT molecular complexity index is 1700. The van der Waals surface area contributed by atoms with Crippen LogP contribution < -0.4 is 0 Å². The van der Waals surface area contributed by atoms with Gasteiger partial charge in [0.25, 0.3) is 0 Å². The summed E-state index contributed by atoms with van der Waals surface area (Å²) in [4.78, 5) is 109. The fraction of sp³-hybridized carbons (Fsp3) is 0.875. The molecule has 0 aliphatic carbocycles. The number of unbranched alkanes of at least 4 members (excludes halogenated alkanes) is 10. The minimum atomic E-state index is -0.427. The Morgan fingerprint density at radius 2 is 0.616 bits per heavy atom. The Balaban J connectivity index is 2.70. The van der Waals surface area contributed by atoms with Gasteiger partial charge in [0.15, 0.2) is 0 Å². The molecule has 1 heterocycles. The molecule has 4 atom stereocenters. The second kappa shape index (κ2) is 54.3. The average Bonchev–Trinajstić information content (AvgIpc) is 3.64. The van der Waals surface area contributed by atoms with Crippen LogP contribution >= 0.6 is 23.5 Å². The molecule has 0 radical (unpaired) electrons. The number of rotatable bonds is 56. The first-order valence-corrected chi connectivity index (χ1v) is 35.2. The van der Waals surface area contributed by atoms with Crippen molar-refractivity contribution in [2.24, 2.45) is 23.7 Å². The van der Waals surface area contributed by atoms with E-state index in [4.69, 9.17) is 37.9 Å². The summed E-state index contributed by atoms with van der Waals surface area (Å²) in [7, 11) is 0. The highest BCUT2D eigenvalue weighted by atomic mass is 32.2. The smallest absolute Gasteiger partial charge is 0.309 e. The van der Waals surface area contributed by atoms with E-state index in [-0.39, 0.29) is 126 Å². The minimum absolute atomic E-state index is 0.00940. The molecule has 1 aliphatic rings. The van der Waals surface area contributed by atoms with E-state index in [0.29, 0.717) is 63.6 Å². The van der Waals surface area contributed by atoms with Crippen molar-refractivity contribution in [1.82, 2.24) is 19.6 Å². The van der Waals surface area contributed by atoms with Crippen LogP contribution in [0.4, 0.5) is 0 Å². The quantitative estimate of drug-likeness (QED) is 0.0314. The standard InChI is InChI=1S/C64H116N4O16S2/c1-9-13-15-17-19-21-49-85-51-55(7)63(75)83-47-43-79-59(71)27-35-66(36-28-60(72)80-44-48-84-64(76)56(8)52-86-50-22-20-18-16-14-10-2)30-24-32-68-39-37-67(38-40-68)31-23-29-65(33-25-57(69)77-41-45-81-61(73)53(5)11-3)34-26-58(70)78-42-46-82-62(74)54(6)12-4/h53-56H,9-52H2,1-8H3. The van der Waals surface area contributed by atoms with Crippen LogP contribution in [0.1, 0.15) is 184 Å². The molecule has 0 saturated carbocycles. The first-order chi connectivity index (χ1) is 41.5. The summed E-state index contributed by atoms with van der Waals surface area (Å²) in [5, 5.41) is 0. The van der Waals surface area contributed by atoms with Gasteiger partial charge in [0.05, 0.1) is 49.4 Å². The summed E-state index contributed by atoms with van der Waals surface area (Å²) in [6, 6.07) is 0. The van der Waals surface area contributed by atoms with Gasteiger partial charge >= 0.3 is 47.8 Å². The van der Waals surface area contributed by atoms with Crippen molar-refractivity contribution in [3.63, 3.8) is 0 Å². The van der Waals surface area contributed by atoms with Crippen LogP contribution in [-0.4, -0.2) is 222 Å². The second-order valence-corrected chi connectivity index (χ2v) is 25.0. The second-order valence-electron chi connectivity index (χ2n) is 22.7. The number of carbonyl (C=O) groups excluding carboxylic acids is 8. The molecule has 86 heavy (non-hydrogen) atoms. The monoisotopic (exact) mass is 1260 g/mol. The third-order valence-corrected chi connectivity index (χ3v) is 17.7. The third kappa shape index (κ3) is 44.7. The molecule has 1 aliphatic heterocycles. The Morgan fingerprint density at radius 3 is 0.907 bits per heavy atom. The Labute approximate surface area is 526 Å². The van der Waals surface area contributed by atoms with Gasteiger partial charge in [-0.25, -0.2) is 0 Å². The van der Waals surface area contributed by atoms with Crippen LogP contribution in [0.15, 0.2) is 0 Å². The van der Waals surface area contributed by atoms with Gasteiger partial charge in [-0.3, -0.25) is 38.4 Å². The van der Waals surface area contributed by atoms with E-state index in [1.54, 1.807) is 37.4 Å². The van der Waals surface area contributed by atoms with Crippen LogP contribution in [-0.2, 0) is 76.3 Å². The summed E-state index contributed by atoms with van der Waals surface area (Å²) < 4.78 is 42.8. The fourth-order valence-electron chi connectivity index (χ4n) is 8.95. The van der Waals surface area contributed by atoms with Gasteiger partial charge in [-0.1, -0.05) is 120 Å². The number of nitrogens with zero attached hydrogens (tertiary/aromatic N) is 4. The zero-order chi connectivity index (χ0) is 63.4. The normalized spacial score (nSPS) is 14.3. The Kier molecular flexibility index (Phi) is 50.7. The van der Waals surface area contributed by atoms with Crippen molar-refractivity contribution >= 4 is 71.3 Å². The molecule has 1 saturated heterocycles. The van der Waals surface area contributed by atoms with Crippen LogP contribution in [0.3, 0.4) is 0 Å². The molecule has 0 bridgehead atoms. The molecule has 0 aromatic rings. The van der Waals surface area contributed by atoms with Crippen molar-refractivity contribution in [2.75, 3.05) is 154 Å². The first kappa shape index (κ1) is 80.3. The van der Waals surface area contributed by atoms with Gasteiger partial charge in [0.2, 0.25) is 0 Å². The van der Waals surface area contributed by atoms with E-state index in [0.717, 1.165) is 76.5 Å². The number of hydrogen-bond donors (Lipinski definition) is 0. The number of hydrogen-bond acceptors (Lipinski definition) is 22. The van der Waals surface area contributed by atoms with Crippen molar-refractivity contribution < 1.29 is 76.3 Å². The van der Waals surface area contributed by atoms with Crippen molar-refractivity contribution in [1.29, 1.82) is 0 Å². The zero-order valence-corrected chi connectivity index (χ0v) is 56.2. The highest BCUT2D eigenvalue weighted by Crippen LogP contribution is 2.17. The molecule has 20 nitrogen and oxygen atoms in total. The molecule has 0 aromatic heterocycles. The van der Waals surface area contributed by atoms with E-state index in [1.165, 1.54) is 64.2 Å². The molecule has 1 fully saturated rings. The molecular formula is C64H116N4O16S2. The molecule has 0 aromatic carbocycles. The lowest BCUT2D eigenvalue weighted by atomic mass is 10.1. The molecule has 4 unspecified atom stereocenters. The van der Waals surface area contributed by atoms with Gasteiger partial charge in [0.1, 0.15) is 52.9 Å². The molecule has 0 N–H and O–H groups in total. The molecule has 0 spiro atoms. The fourth-order valence-corrected chi connectivity index (χ4v) is 11.1. The van der Waals surface area contributed by atoms with Gasteiger partial charge in [0, 0.05) is 63.9 Å². The van der Waals surface area contributed by atoms with E-state index >= 15 is 0 Å². The molecular weight excluding hydrogens is 1140 g/mol. The number of esters is 8. The summed E-state index contributed by atoms with van der Waals surface area (Å²) in [6.07, 6.45) is 18.1. The lowest BCUT2D eigenvalue weighted by Gasteiger charge is -2.35. The SMILES string of the molecule is CCCCCCCCSCC(C)C(=O)OCCOC(=O)CCN(CCCN1CCN(CCCN(CCC(=O)OCCOC(=O)C(C)CC)CCC(=O)OCCOC(=O)C(C)CC)CC1)CCC(=O)OCCOC(=O)C(C)CSCCCCCCCC. The van der Waals surface area contributed by atoms with E-state index in [9.17, 15) is 38.4 Å². The molecule has 1 rings (SSSR count). The number of ether oxygens (including phenoxy) is 8. The Hall–Kier alpha value is -3.70. The van der Waals surface area contributed by atoms with Gasteiger partial charge in [-0.2, -0.15) is 23.5 Å². The highest BCUT2D eigenvalue weighted by Gasteiger charge is 2.22. The van der Waals surface area contributed by atoms with Crippen molar-refractivity contribution in [2.45, 2.75) is 184 Å². The molecule has 0 amide bonds. The maximum absolute atomic E-state index is 12.9.